The molecule has 0 aliphatic heterocycles. The van der Waals surface area contributed by atoms with Crippen molar-refractivity contribution in [2.75, 3.05) is 5.73 Å². The van der Waals surface area contributed by atoms with Crippen LogP contribution in [0.3, 0.4) is 0 Å². The highest BCUT2D eigenvalue weighted by Crippen LogP contribution is 2.41. The predicted molar refractivity (Wildman–Crippen MR) is 89.0 cm³/mol. The number of anilines is 1. The Morgan fingerprint density at radius 3 is 2.35 bits per heavy atom. The molecule has 3 aromatic rings. The van der Waals surface area contributed by atoms with Gasteiger partial charge in [0.15, 0.2) is 0 Å². The molecule has 0 atom stereocenters. The summed E-state index contributed by atoms with van der Waals surface area (Å²) in [5, 5.41) is 0.509. The van der Waals surface area contributed by atoms with Gasteiger partial charge in [0.2, 0.25) is 0 Å². The van der Waals surface area contributed by atoms with Crippen molar-refractivity contribution in [2.24, 2.45) is 11.5 Å². The molecule has 0 spiro atoms. The number of thiophene rings is 1. The Morgan fingerprint density at radius 2 is 1.78 bits per heavy atom. The van der Waals surface area contributed by atoms with Crippen molar-refractivity contribution in [1.82, 2.24) is 9.97 Å². The van der Waals surface area contributed by atoms with Crippen molar-refractivity contribution in [3.05, 3.63) is 40.7 Å². The zero-order valence-corrected chi connectivity index (χ0v) is 13.0. The van der Waals surface area contributed by atoms with Crippen LogP contribution in [-0.2, 0) is 0 Å². The van der Waals surface area contributed by atoms with Crippen LogP contribution < -0.4 is 17.2 Å². The summed E-state index contributed by atoms with van der Waals surface area (Å²) in [5.41, 5.74) is 19.2. The molecule has 0 fully saturated rings. The highest BCUT2D eigenvalue weighted by atomic mass is 32.1. The van der Waals surface area contributed by atoms with Gasteiger partial charge in [-0.1, -0.05) is 0 Å². The number of nitrogens with zero attached hydrogens (tertiary/aromatic N) is 2. The number of hydrogen-bond donors (Lipinski definition) is 3. The van der Waals surface area contributed by atoms with Crippen LogP contribution >= 0.6 is 11.3 Å². The Hall–Kier alpha value is -3.00. The van der Waals surface area contributed by atoms with Crippen LogP contribution in [0, 0.1) is 6.92 Å². The molecule has 3 aromatic heterocycles. The lowest BCUT2D eigenvalue weighted by molar-refractivity contribution is 0.0993. The minimum atomic E-state index is -0.635. The summed E-state index contributed by atoms with van der Waals surface area (Å²) < 4.78 is 0. The average molecular weight is 327 g/mol. The molecule has 0 bridgehead atoms. The van der Waals surface area contributed by atoms with E-state index in [-0.39, 0.29) is 16.1 Å². The molecule has 3 heterocycles. The van der Waals surface area contributed by atoms with Gasteiger partial charge >= 0.3 is 0 Å². The van der Waals surface area contributed by atoms with Crippen LogP contribution in [0.15, 0.2) is 24.5 Å². The summed E-state index contributed by atoms with van der Waals surface area (Å²) in [7, 11) is 0. The fraction of sp³-hybridized carbons (Fsp3) is 0.0667. The lowest BCUT2D eigenvalue weighted by atomic mass is 9.95. The van der Waals surface area contributed by atoms with Gasteiger partial charge in [0.1, 0.15) is 9.71 Å². The molecule has 0 aliphatic carbocycles. The van der Waals surface area contributed by atoms with Crippen molar-refractivity contribution in [2.45, 2.75) is 6.92 Å². The van der Waals surface area contributed by atoms with Gasteiger partial charge in [-0.25, -0.2) is 4.98 Å². The maximum absolute atomic E-state index is 11.9. The molecule has 7 nitrogen and oxygen atoms in total. The molecule has 0 unspecified atom stereocenters. The lowest BCUT2D eigenvalue weighted by Gasteiger charge is -2.12. The van der Waals surface area contributed by atoms with Crippen LogP contribution in [0.1, 0.15) is 25.7 Å². The van der Waals surface area contributed by atoms with Crippen molar-refractivity contribution in [3.63, 3.8) is 0 Å². The minimum Gasteiger partial charge on any atom is -0.397 e. The zero-order valence-electron chi connectivity index (χ0n) is 12.2. The lowest BCUT2D eigenvalue weighted by Crippen LogP contribution is -2.15. The van der Waals surface area contributed by atoms with Crippen LogP contribution in [0.25, 0.3) is 21.3 Å². The number of amides is 2. The van der Waals surface area contributed by atoms with E-state index in [1.54, 1.807) is 31.5 Å². The van der Waals surface area contributed by atoms with E-state index in [1.165, 1.54) is 0 Å². The predicted octanol–water partition coefficient (Wildman–Crippen LogP) is 1.45. The molecule has 0 saturated carbocycles. The van der Waals surface area contributed by atoms with Gasteiger partial charge in [-0.15, -0.1) is 11.3 Å². The van der Waals surface area contributed by atoms with Crippen molar-refractivity contribution in [3.8, 4) is 11.1 Å². The molecule has 116 valence electrons. The fourth-order valence-corrected chi connectivity index (χ4v) is 3.56. The zero-order chi connectivity index (χ0) is 16.7. The monoisotopic (exact) mass is 327 g/mol. The van der Waals surface area contributed by atoms with Gasteiger partial charge in [0.25, 0.3) is 11.8 Å². The second-order valence-corrected chi connectivity index (χ2v) is 5.94. The van der Waals surface area contributed by atoms with E-state index in [9.17, 15) is 9.59 Å². The van der Waals surface area contributed by atoms with Crippen molar-refractivity contribution in [1.29, 1.82) is 0 Å². The number of pyridine rings is 2. The molecule has 0 aliphatic rings. The Balaban J connectivity index is 2.53. The molecule has 3 rings (SSSR count). The third-order valence-electron chi connectivity index (χ3n) is 3.50. The number of aromatic nitrogens is 2. The second-order valence-electron chi connectivity index (χ2n) is 4.94. The molecular formula is C15H13N5O2S. The smallest absolute Gasteiger partial charge is 0.260 e. The Bertz CT molecular complexity index is 950. The maximum Gasteiger partial charge on any atom is 0.260 e. The van der Waals surface area contributed by atoms with E-state index in [0.717, 1.165) is 11.3 Å². The molecule has 0 aromatic carbocycles. The van der Waals surface area contributed by atoms with E-state index in [1.807, 2.05) is 0 Å². The highest BCUT2D eigenvalue weighted by molar-refractivity contribution is 7.21. The molecule has 8 heteroatoms. The largest absolute Gasteiger partial charge is 0.397 e. The third-order valence-corrected chi connectivity index (χ3v) is 4.61. The summed E-state index contributed by atoms with van der Waals surface area (Å²) in [6.07, 6.45) is 3.19. The van der Waals surface area contributed by atoms with Gasteiger partial charge in [0.05, 0.1) is 16.9 Å². The number of primary amides is 2. The normalized spacial score (nSPS) is 10.8. The molecule has 2 amide bonds. The molecular weight excluding hydrogens is 314 g/mol. The standard InChI is InChI=1S/C15H13N5O2S/c1-6-8(13(17)21)9(7-2-4-19-5-3-7)10-11(16)12(14(18)22)23-15(10)20-6/h2-5H,16H2,1H3,(H2,17,21)(H2,18,22). The first-order chi connectivity index (χ1) is 10.9. The summed E-state index contributed by atoms with van der Waals surface area (Å²) in [6.45, 7) is 1.68. The van der Waals surface area contributed by atoms with E-state index in [4.69, 9.17) is 17.2 Å². The van der Waals surface area contributed by atoms with Crippen molar-refractivity contribution < 1.29 is 9.59 Å². The highest BCUT2D eigenvalue weighted by Gasteiger charge is 2.24. The molecule has 23 heavy (non-hydrogen) atoms. The van der Waals surface area contributed by atoms with Gasteiger partial charge in [-0.05, 0) is 24.6 Å². The van der Waals surface area contributed by atoms with E-state index in [0.29, 0.717) is 27.0 Å². The van der Waals surface area contributed by atoms with Crippen LogP contribution in [0.5, 0.6) is 0 Å². The van der Waals surface area contributed by atoms with E-state index < -0.39 is 11.8 Å². The Kier molecular flexibility index (Phi) is 3.45. The first-order valence-electron chi connectivity index (χ1n) is 6.64. The van der Waals surface area contributed by atoms with Gasteiger partial charge in [0, 0.05) is 23.3 Å². The van der Waals surface area contributed by atoms with Gasteiger partial charge in [-0.2, -0.15) is 0 Å². The van der Waals surface area contributed by atoms with Gasteiger partial charge < -0.3 is 17.2 Å². The number of aryl methyl sites for hydroxylation is 1. The number of carbonyl (C=O) groups is 2. The van der Waals surface area contributed by atoms with Crippen LogP contribution in [0.2, 0.25) is 0 Å². The quantitative estimate of drug-likeness (QED) is 0.668. The number of nitrogen functional groups attached to an aromatic ring is 1. The van der Waals surface area contributed by atoms with E-state index >= 15 is 0 Å². The fourth-order valence-electron chi connectivity index (χ4n) is 2.56. The summed E-state index contributed by atoms with van der Waals surface area (Å²) in [6, 6.07) is 3.48. The maximum atomic E-state index is 11.9. The van der Waals surface area contributed by atoms with Gasteiger partial charge in [-0.3, -0.25) is 14.6 Å². The van der Waals surface area contributed by atoms with E-state index in [2.05, 4.69) is 9.97 Å². The number of nitrogens with two attached hydrogens (primary N) is 3. The summed E-state index contributed by atoms with van der Waals surface area (Å²) in [4.78, 5) is 32.6. The number of carbonyl (C=O) groups excluding carboxylic acids is 2. The number of hydrogen-bond acceptors (Lipinski definition) is 6. The third kappa shape index (κ3) is 2.29. The molecule has 6 N–H and O–H groups in total. The second kappa shape index (κ2) is 5.33. The topological polar surface area (TPSA) is 138 Å². The summed E-state index contributed by atoms with van der Waals surface area (Å²) in [5.74, 6) is -1.25. The van der Waals surface area contributed by atoms with Crippen molar-refractivity contribution >= 4 is 39.1 Å². The summed E-state index contributed by atoms with van der Waals surface area (Å²) >= 11 is 1.10. The first kappa shape index (κ1) is 14.9. The number of fused-ring (bicyclic) bond motifs is 1. The Morgan fingerprint density at radius 1 is 1.13 bits per heavy atom. The minimum absolute atomic E-state index is 0.208. The van der Waals surface area contributed by atoms with Crippen LogP contribution in [0.4, 0.5) is 5.69 Å². The van der Waals surface area contributed by atoms with Crippen LogP contribution in [-0.4, -0.2) is 21.8 Å². The Labute approximate surface area is 135 Å². The molecule has 0 saturated heterocycles. The average Bonchev–Trinajstić information content (AvgIpc) is 2.83. The first-order valence-corrected chi connectivity index (χ1v) is 7.46. The SMILES string of the molecule is Cc1nc2sc(C(N)=O)c(N)c2c(-c2ccncc2)c1C(N)=O. The number of rotatable bonds is 3. The molecule has 0 radical (unpaired) electrons.